The van der Waals surface area contributed by atoms with Gasteiger partial charge in [-0.3, -0.25) is 13.5 Å². The molecule has 16 heavy (non-hydrogen) atoms. The van der Waals surface area contributed by atoms with Gasteiger partial charge in [-0.25, -0.2) is 9.48 Å². The smallest absolute Gasteiger partial charge is 0.372 e. The molecule has 8 heteroatoms. The van der Waals surface area contributed by atoms with Crippen LogP contribution in [-0.2, 0) is 13.1 Å². The Balaban J connectivity index is 3.07. The number of alkyl halides is 2. The fourth-order valence-corrected chi connectivity index (χ4v) is 2.22. The molecule has 0 aliphatic heterocycles. The summed E-state index contributed by atoms with van der Waals surface area (Å²) in [7, 11) is 0. The summed E-state index contributed by atoms with van der Waals surface area (Å²) in [6.45, 7) is -0.271. The summed E-state index contributed by atoms with van der Waals surface area (Å²) in [5.41, 5.74) is -0.219. The van der Waals surface area contributed by atoms with E-state index in [1.807, 2.05) is 0 Å². The summed E-state index contributed by atoms with van der Waals surface area (Å²) in [5.74, 6) is 0. The highest BCUT2D eigenvalue weighted by atomic mass is 32.1. The first kappa shape index (κ1) is 13.6. The highest BCUT2D eigenvalue weighted by Crippen LogP contribution is 1.97. The molecule has 1 aromatic rings. The third-order valence-electron chi connectivity index (χ3n) is 2.31. The van der Waals surface area contributed by atoms with Gasteiger partial charge in [0, 0.05) is 13.1 Å². The molecule has 0 aliphatic rings. The molecule has 1 aromatic heterocycles. The normalized spacial score (nSPS) is 10.9. The van der Waals surface area contributed by atoms with Crippen LogP contribution in [0.1, 0.15) is 12.8 Å². The minimum Gasteiger partial charge on any atom is -0.372 e. The Kier molecular flexibility index (Phi) is 5.39. The van der Waals surface area contributed by atoms with E-state index in [1.165, 1.54) is 8.23 Å². The van der Waals surface area contributed by atoms with Gasteiger partial charge in [-0.2, -0.15) is 0 Å². The number of aromatic nitrogens is 3. The Bertz CT molecular complexity index is 414. The van der Waals surface area contributed by atoms with Crippen molar-refractivity contribution in [2.24, 2.45) is 0 Å². The van der Waals surface area contributed by atoms with E-state index in [4.69, 9.17) is 12.2 Å². The van der Waals surface area contributed by atoms with Crippen molar-refractivity contribution >= 4 is 28.7 Å². The molecule has 0 atom stereocenters. The summed E-state index contributed by atoms with van der Waals surface area (Å²) in [4.78, 5) is 11.7. The summed E-state index contributed by atoms with van der Waals surface area (Å²) >= 11 is 5.57. The zero-order chi connectivity index (χ0) is 12.1. The predicted octanol–water partition coefficient (Wildman–Crippen LogP) is 0.296. The fraction of sp³-hybridized carbons (Fsp3) is 0.750. The molecule has 0 saturated carbocycles. The number of rotatable bonds is 6. The van der Waals surface area contributed by atoms with Gasteiger partial charge in [-0.15, -0.1) is 0 Å². The predicted molar refractivity (Wildman–Crippen MR) is 62.6 cm³/mol. The van der Waals surface area contributed by atoms with Crippen LogP contribution in [0.15, 0.2) is 4.79 Å². The van der Waals surface area contributed by atoms with Gasteiger partial charge >= 0.3 is 22.2 Å². The van der Waals surface area contributed by atoms with E-state index in [1.54, 1.807) is 4.68 Å². The second-order valence-corrected chi connectivity index (χ2v) is 4.72. The summed E-state index contributed by atoms with van der Waals surface area (Å²) in [6, 6.07) is 0. The van der Waals surface area contributed by atoms with Gasteiger partial charge in [0.15, 0.2) is 4.77 Å². The quantitative estimate of drug-likeness (QED) is 0.547. The Morgan fingerprint density at radius 2 is 1.62 bits per heavy atom. The van der Waals surface area contributed by atoms with Crippen LogP contribution in [0.3, 0.4) is 0 Å². The standard InChI is InChI=1S/C8H13F2N3OS.Al.2H/c9-3-1-5-12-7(14)11-8(15)13(12)6-2-4-10;;;/h1-6H2,(H,11,14,15);;;/q;+1;;/p-1. The molecule has 0 fully saturated rings. The van der Waals surface area contributed by atoms with Crippen molar-refractivity contribution in [3.05, 3.63) is 15.3 Å². The van der Waals surface area contributed by atoms with Crippen LogP contribution >= 0.6 is 12.2 Å². The zero-order valence-electron chi connectivity index (χ0n) is 9.16. The summed E-state index contributed by atoms with van der Waals surface area (Å²) in [5, 5.41) is 0. The highest BCUT2D eigenvalue weighted by Gasteiger charge is 2.08. The van der Waals surface area contributed by atoms with E-state index < -0.39 is 13.3 Å². The van der Waals surface area contributed by atoms with Crippen LogP contribution in [0.4, 0.5) is 8.78 Å². The molecule has 90 valence electrons. The lowest BCUT2D eigenvalue weighted by Crippen LogP contribution is -2.27. The minimum absolute atomic E-state index is 0.219. The molecule has 0 radical (unpaired) electrons. The van der Waals surface area contributed by atoms with Crippen LogP contribution < -0.4 is 5.69 Å². The second-order valence-electron chi connectivity index (χ2n) is 3.46. The lowest BCUT2D eigenvalue weighted by molar-refractivity contribution is 0.362. The van der Waals surface area contributed by atoms with Gasteiger partial charge in [0.05, 0.1) is 13.3 Å². The van der Waals surface area contributed by atoms with Crippen LogP contribution in [0.25, 0.3) is 0 Å². The van der Waals surface area contributed by atoms with Gasteiger partial charge in [-0.05, 0) is 25.1 Å². The number of hydrogen-bond donors (Lipinski definition) is 0. The van der Waals surface area contributed by atoms with Gasteiger partial charge in [0.1, 0.15) is 0 Å². The molecule has 0 aliphatic carbocycles. The SMILES string of the molecule is O=c1[n]([AlH2])c(=S)n(CCCF)n1CCCF. The van der Waals surface area contributed by atoms with Crippen LogP contribution in [-0.4, -0.2) is 42.8 Å². The van der Waals surface area contributed by atoms with Crippen LogP contribution in [0.5, 0.6) is 0 Å². The first-order chi connectivity index (χ1) is 7.63. The lowest BCUT2D eigenvalue weighted by Gasteiger charge is -2.08. The molecule has 0 N–H and O–H groups in total. The summed E-state index contributed by atoms with van der Waals surface area (Å²) in [6.07, 6.45) is 0.588. The monoisotopic (exact) mass is 265 g/mol. The second kappa shape index (κ2) is 6.33. The average Bonchev–Trinajstić information content (AvgIpc) is 2.49. The molecule has 0 aromatic carbocycles. The third kappa shape index (κ3) is 2.81. The van der Waals surface area contributed by atoms with Crippen LogP contribution in [0, 0.1) is 4.77 Å². The molecule has 0 unspecified atom stereocenters. The van der Waals surface area contributed by atoms with Crippen molar-refractivity contribution in [1.29, 1.82) is 0 Å². The molecule has 4 nitrogen and oxygen atoms in total. The van der Waals surface area contributed by atoms with Crippen molar-refractivity contribution in [3.8, 4) is 0 Å². The Hall–Kier alpha value is -0.448. The first-order valence-electron chi connectivity index (χ1n) is 5.12. The molecule has 0 spiro atoms. The van der Waals surface area contributed by atoms with E-state index in [-0.39, 0.29) is 12.1 Å². The molecular formula is C8H14AlF2N3OS. The van der Waals surface area contributed by atoms with Gasteiger partial charge < -0.3 is 3.55 Å². The topological polar surface area (TPSA) is 31.9 Å². The Morgan fingerprint density at radius 1 is 1.12 bits per heavy atom. The molecule has 0 bridgehead atoms. The minimum atomic E-state index is -0.478. The van der Waals surface area contributed by atoms with Crippen molar-refractivity contribution in [3.63, 3.8) is 0 Å². The Labute approximate surface area is 105 Å². The van der Waals surface area contributed by atoms with Gasteiger partial charge in [0.25, 0.3) is 0 Å². The molecule has 0 saturated heterocycles. The van der Waals surface area contributed by atoms with E-state index >= 15 is 0 Å². The summed E-state index contributed by atoms with van der Waals surface area (Å²) < 4.78 is 29.0. The molecule has 0 amide bonds. The number of hydrogen-bond acceptors (Lipinski definition) is 2. The Morgan fingerprint density at radius 3 is 2.12 bits per heavy atom. The van der Waals surface area contributed by atoms with E-state index in [9.17, 15) is 13.6 Å². The largest absolute Gasteiger partial charge is 0.381 e. The van der Waals surface area contributed by atoms with Gasteiger partial charge in [0.2, 0.25) is 0 Å². The molecule has 1 rings (SSSR count). The van der Waals surface area contributed by atoms with E-state index in [0.29, 0.717) is 40.8 Å². The number of nitrogens with zero attached hydrogens (tertiary/aromatic N) is 3. The van der Waals surface area contributed by atoms with E-state index in [2.05, 4.69) is 0 Å². The van der Waals surface area contributed by atoms with E-state index in [0.717, 1.165) is 0 Å². The third-order valence-corrected chi connectivity index (χ3v) is 3.93. The van der Waals surface area contributed by atoms with Crippen molar-refractivity contribution in [2.45, 2.75) is 25.9 Å². The lowest BCUT2D eigenvalue weighted by atomic mass is 10.4. The highest BCUT2D eigenvalue weighted by molar-refractivity contribution is 7.71. The maximum absolute atomic E-state index is 12.1. The fourth-order valence-electron chi connectivity index (χ4n) is 1.49. The zero-order valence-corrected chi connectivity index (χ0v) is 12.0. The van der Waals surface area contributed by atoms with Crippen molar-refractivity contribution < 1.29 is 8.78 Å². The van der Waals surface area contributed by atoms with Crippen LogP contribution in [0.2, 0.25) is 0 Å². The van der Waals surface area contributed by atoms with Crippen molar-refractivity contribution in [1.82, 2.24) is 12.9 Å². The molecule has 1 heterocycles. The average molecular weight is 265 g/mol. The van der Waals surface area contributed by atoms with Crippen molar-refractivity contribution in [2.75, 3.05) is 13.3 Å². The maximum Gasteiger partial charge on any atom is 0.381 e. The number of halogens is 2. The van der Waals surface area contributed by atoms with Gasteiger partial charge in [-0.1, -0.05) is 0 Å². The molecular weight excluding hydrogens is 251 g/mol. The maximum atomic E-state index is 12.1. The first-order valence-corrected chi connectivity index (χ1v) is 6.42.